The van der Waals surface area contributed by atoms with Gasteiger partial charge in [0.1, 0.15) is 5.78 Å². The monoisotopic (exact) mass is 325 g/mol. The number of benzene rings is 1. The molecule has 6 nitrogen and oxygen atoms in total. The highest BCUT2D eigenvalue weighted by Crippen LogP contribution is 2.28. The first-order chi connectivity index (χ1) is 10.4. The van der Waals surface area contributed by atoms with Crippen LogP contribution < -0.4 is 0 Å². The lowest BCUT2D eigenvalue weighted by Crippen LogP contribution is -2.25. The minimum absolute atomic E-state index is 0.0597. The van der Waals surface area contributed by atoms with Gasteiger partial charge in [-0.25, -0.2) is 4.79 Å². The van der Waals surface area contributed by atoms with Crippen LogP contribution >= 0.6 is 11.6 Å². The van der Waals surface area contributed by atoms with Crippen LogP contribution in [0.5, 0.6) is 0 Å². The molecule has 1 N–H and O–H groups in total. The van der Waals surface area contributed by atoms with Crippen LogP contribution in [0, 0.1) is 5.92 Å². The lowest BCUT2D eigenvalue weighted by Gasteiger charge is -2.08. The van der Waals surface area contributed by atoms with Crippen LogP contribution in [0.25, 0.3) is 0 Å². The van der Waals surface area contributed by atoms with Crippen molar-refractivity contribution in [1.29, 1.82) is 0 Å². The summed E-state index contributed by atoms with van der Waals surface area (Å²) in [7, 11) is 0. The number of esters is 1. The lowest BCUT2D eigenvalue weighted by molar-refractivity contribution is -0.148. The number of halogens is 1. The number of hydrogen-bond acceptors (Lipinski definition) is 5. The highest BCUT2D eigenvalue weighted by atomic mass is 35.5. The Kier molecular flexibility index (Phi) is 6.72. The number of hydrogen-bond donors (Lipinski definition) is 1. The molecular weight excluding hydrogens is 310 g/mol. The van der Waals surface area contributed by atoms with Gasteiger partial charge in [0.25, 0.3) is 0 Å². The van der Waals surface area contributed by atoms with Gasteiger partial charge in [-0.05, 0) is 25.5 Å². The van der Waals surface area contributed by atoms with Gasteiger partial charge in [0, 0.05) is 6.21 Å². The van der Waals surface area contributed by atoms with E-state index < -0.39 is 23.6 Å². The Balaban J connectivity index is 3.02. The zero-order valence-corrected chi connectivity index (χ0v) is 13.0. The largest absolute Gasteiger partial charge is 0.478 e. The SMILES string of the molecule is CCCOC(=O)C(C=Nc1cccc(C(=O)O)c1Cl)C(C)=O. The van der Waals surface area contributed by atoms with Crippen LogP contribution in [0.15, 0.2) is 23.2 Å². The van der Waals surface area contributed by atoms with Gasteiger partial charge in [-0.2, -0.15) is 0 Å². The second-order valence-electron chi connectivity index (χ2n) is 4.48. The number of carboxylic acid groups (broad SMARTS) is 1. The second kappa shape index (κ2) is 8.29. The number of carboxylic acids is 1. The summed E-state index contributed by atoms with van der Waals surface area (Å²) < 4.78 is 4.92. The van der Waals surface area contributed by atoms with Crippen molar-refractivity contribution in [3.8, 4) is 0 Å². The Hall–Kier alpha value is -2.21. The van der Waals surface area contributed by atoms with E-state index in [-0.39, 0.29) is 22.9 Å². The standard InChI is InChI=1S/C15H16ClNO5/c1-3-7-22-15(21)11(9(2)18)8-17-12-6-4-5-10(13(12)16)14(19)20/h4-6,8,11H,3,7H2,1-2H3,(H,19,20). The number of carbonyl (C=O) groups excluding carboxylic acids is 2. The zero-order valence-electron chi connectivity index (χ0n) is 12.2. The third-order valence-electron chi connectivity index (χ3n) is 2.71. The van der Waals surface area contributed by atoms with E-state index in [4.69, 9.17) is 21.4 Å². The molecule has 0 aliphatic carbocycles. The van der Waals surface area contributed by atoms with Crippen LogP contribution in [-0.2, 0) is 14.3 Å². The maximum Gasteiger partial charge on any atom is 0.337 e. The summed E-state index contributed by atoms with van der Waals surface area (Å²) in [5.41, 5.74) is 0.0559. The van der Waals surface area contributed by atoms with Crippen molar-refractivity contribution in [1.82, 2.24) is 0 Å². The summed E-state index contributed by atoms with van der Waals surface area (Å²) in [6, 6.07) is 4.29. The van der Waals surface area contributed by atoms with E-state index in [2.05, 4.69) is 4.99 Å². The van der Waals surface area contributed by atoms with Crippen LogP contribution in [0.3, 0.4) is 0 Å². The second-order valence-corrected chi connectivity index (χ2v) is 4.86. The Labute approximate surface area is 132 Å². The summed E-state index contributed by atoms with van der Waals surface area (Å²) >= 11 is 5.93. The maximum atomic E-state index is 11.8. The van der Waals surface area contributed by atoms with Gasteiger partial charge in [0.05, 0.1) is 22.9 Å². The Morgan fingerprint density at radius 2 is 2.09 bits per heavy atom. The van der Waals surface area contributed by atoms with Gasteiger partial charge in [-0.15, -0.1) is 0 Å². The summed E-state index contributed by atoms with van der Waals surface area (Å²) in [6.07, 6.45) is 1.76. The van der Waals surface area contributed by atoms with Gasteiger partial charge < -0.3 is 9.84 Å². The third-order valence-corrected chi connectivity index (χ3v) is 3.11. The fraction of sp³-hybridized carbons (Fsp3) is 0.333. The quantitative estimate of drug-likeness (QED) is 0.472. The number of aromatic carboxylic acids is 1. The van der Waals surface area contributed by atoms with E-state index in [0.717, 1.165) is 6.21 Å². The molecular formula is C15H16ClNO5. The first-order valence-corrected chi connectivity index (χ1v) is 6.99. The van der Waals surface area contributed by atoms with Gasteiger partial charge in [-0.1, -0.05) is 24.6 Å². The molecule has 7 heteroatoms. The maximum absolute atomic E-state index is 11.8. The molecule has 0 bridgehead atoms. The molecule has 0 saturated heterocycles. The lowest BCUT2D eigenvalue weighted by atomic mass is 10.1. The van der Waals surface area contributed by atoms with Crippen molar-refractivity contribution in [3.63, 3.8) is 0 Å². The average Bonchev–Trinajstić information content (AvgIpc) is 2.46. The molecule has 0 saturated carbocycles. The molecule has 1 aromatic rings. The minimum atomic E-state index is -1.19. The Morgan fingerprint density at radius 1 is 1.41 bits per heavy atom. The van der Waals surface area contributed by atoms with E-state index in [1.54, 1.807) is 0 Å². The molecule has 22 heavy (non-hydrogen) atoms. The van der Waals surface area contributed by atoms with Gasteiger partial charge >= 0.3 is 11.9 Å². The molecule has 0 aromatic heterocycles. The van der Waals surface area contributed by atoms with Gasteiger partial charge in [-0.3, -0.25) is 14.6 Å². The minimum Gasteiger partial charge on any atom is -0.478 e. The van der Waals surface area contributed by atoms with Crippen molar-refractivity contribution < 1.29 is 24.2 Å². The number of ether oxygens (including phenoxy) is 1. The molecule has 0 heterocycles. The molecule has 118 valence electrons. The molecule has 1 rings (SSSR count). The first kappa shape index (κ1) is 17.8. The van der Waals surface area contributed by atoms with Crippen LogP contribution in [0.4, 0.5) is 5.69 Å². The number of aliphatic imine (C=N–C) groups is 1. The van der Waals surface area contributed by atoms with Crippen LogP contribution in [0.1, 0.15) is 30.6 Å². The van der Waals surface area contributed by atoms with Crippen LogP contribution in [0.2, 0.25) is 5.02 Å². The van der Waals surface area contributed by atoms with E-state index in [0.29, 0.717) is 6.42 Å². The van der Waals surface area contributed by atoms with Crippen molar-refractivity contribution >= 4 is 41.2 Å². The van der Waals surface area contributed by atoms with Crippen molar-refractivity contribution in [2.45, 2.75) is 20.3 Å². The van der Waals surface area contributed by atoms with E-state index >= 15 is 0 Å². The van der Waals surface area contributed by atoms with Gasteiger partial charge in [0.15, 0.2) is 5.92 Å². The van der Waals surface area contributed by atoms with E-state index in [1.165, 1.54) is 25.1 Å². The molecule has 0 aliphatic rings. The predicted octanol–water partition coefficient (Wildman–Crippen LogP) is 2.90. The molecule has 0 spiro atoms. The third kappa shape index (κ3) is 4.66. The molecule has 1 aromatic carbocycles. The molecule has 1 unspecified atom stereocenters. The number of nitrogens with zero attached hydrogens (tertiary/aromatic N) is 1. The number of rotatable bonds is 7. The summed E-state index contributed by atoms with van der Waals surface area (Å²) in [6.45, 7) is 3.30. The molecule has 1 atom stereocenters. The van der Waals surface area contributed by atoms with E-state index in [1.807, 2.05) is 6.92 Å². The van der Waals surface area contributed by atoms with Crippen molar-refractivity contribution in [2.75, 3.05) is 6.61 Å². The normalized spacial score (nSPS) is 12.1. The summed E-state index contributed by atoms with van der Waals surface area (Å²) in [5.74, 6) is -3.44. The number of Topliss-reactive ketones (excluding diaryl/α,β-unsaturated/α-hetero) is 1. The predicted molar refractivity (Wildman–Crippen MR) is 82.0 cm³/mol. The smallest absolute Gasteiger partial charge is 0.337 e. The van der Waals surface area contributed by atoms with Crippen LogP contribution in [-0.4, -0.2) is 35.6 Å². The Bertz CT molecular complexity index is 612. The topological polar surface area (TPSA) is 93.0 Å². The van der Waals surface area contributed by atoms with Crippen molar-refractivity contribution in [3.05, 3.63) is 28.8 Å². The number of ketones is 1. The fourth-order valence-corrected chi connectivity index (χ4v) is 1.82. The summed E-state index contributed by atoms with van der Waals surface area (Å²) in [5, 5.41) is 8.92. The van der Waals surface area contributed by atoms with Crippen molar-refractivity contribution in [2.24, 2.45) is 10.9 Å². The van der Waals surface area contributed by atoms with Gasteiger partial charge in [0.2, 0.25) is 0 Å². The fourth-order valence-electron chi connectivity index (χ4n) is 1.56. The zero-order chi connectivity index (χ0) is 16.7. The van der Waals surface area contributed by atoms with E-state index in [9.17, 15) is 14.4 Å². The molecule has 0 amide bonds. The highest BCUT2D eigenvalue weighted by molar-refractivity contribution is 6.36. The average molecular weight is 326 g/mol. The first-order valence-electron chi connectivity index (χ1n) is 6.61. The highest BCUT2D eigenvalue weighted by Gasteiger charge is 2.23. The molecule has 0 fully saturated rings. The Morgan fingerprint density at radius 3 is 2.64 bits per heavy atom. The summed E-state index contributed by atoms with van der Waals surface area (Å²) in [4.78, 5) is 38.2. The number of carbonyl (C=O) groups is 3. The molecule has 0 aliphatic heterocycles. The molecule has 0 radical (unpaired) electrons.